The van der Waals surface area contributed by atoms with Gasteiger partial charge in [-0.2, -0.15) is 0 Å². The van der Waals surface area contributed by atoms with Crippen molar-refractivity contribution in [1.82, 2.24) is 0 Å². The van der Waals surface area contributed by atoms with E-state index in [1.54, 1.807) is 19.1 Å². The molecule has 1 amide bonds. The first-order chi connectivity index (χ1) is 8.97. The summed E-state index contributed by atoms with van der Waals surface area (Å²) in [6, 6.07) is 7.39. The fourth-order valence-corrected chi connectivity index (χ4v) is 1.78. The van der Waals surface area contributed by atoms with Gasteiger partial charge in [0.15, 0.2) is 5.76 Å². The van der Waals surface area contributed by atoms with Crippen LogP contribution < -0.4 is 5.32 Å². The number of hydrogen-bond donors (Lipinski definition) is 2. The number of amides is 1. The van der Waals surface area contributed by atoms with Gasteiger partial charge in [-0.1, -0.05) is 11.6 Å². The minimum absolute atomic E-state index is 0.0199. The van der Waals surface area contributed by atoms with Crippen molar-refractivity contribution in [1.29, 1.82) is 0 Å². The molecule has 2 aromatic rings. The van der Waals surface area contributed by atoms with Crippen LogP contribution in [0.25, 0.3) is 0 Å². The number of carbonyl (C=O) groups is 2. The number of carboxylic acids is 1. The third-order valence-electron chi connectivity index (χ3n) is 2.42. The van der Waals surface area contributed by atoms with Gasteiger partial charge in [-0.15, -0.1) is 0 Å². The predicted octanol–water partition coefficient (Wildman–Crippen LogP) is 3.19. The molecular weight excluding hydrogens is 270 g/mol. The third kappa shape index (κ3) is 2.95. The van der Waals surface area contributed by atoms with E-state index in [0.29, 0.717) is 11.4 Å². The van der Waals surface area contributed by atoms with Crippen LogP contribution in [0.2, 0.25) is 5.02 Å². The van der Waals surface area contributed by atoms with E-state index in [1.807, 2.05) is 0 Å². The van der Waals surface area contributed by atoms with E-state index in [0.717, 1.165) is 0 Å². The van der Waals surface area contributed by atoms with E-state index in [1.165, 1.54) is 18.2 Å². The minimum atomic E-state index is -1.12. The molecule has 1 aromatic carbocycles. The van der Waals surface area contributed by atoms with E-state index in [2.05, 4.69) is 5.32 Å². The number of carboxylic acid groups (broad SMARTS) is 1. The van der Waals surface area contributed by atoms with Gasteiger partial charge in [-0.25, -0.2) is 4.79 Å². The van der Waals surface area contributed by atoms with Crippen molar-refractivity contribution in [2.45, 2.75) is 6.92 Å². The van der Waals surface area contributed by atoms with Crippen LogP contribution in [-0.2, 0) is 0 Å². The van der Waals surface area contributed by atoms with Crippen molar-refractivity contribution in [2.24, 2.45) is 0 Å². The quantitative estimate of drug-likeness (QED) is 0.904. The fourth-order valence-electron chi connectivity index (χ4n) is 1.52. The molecule has 0 saturated heterocycles. The van der Waals surface area contributed by atoms with Crippen molar-refractivity contribution in [3.05, 3.63) is 52.4 Å². The zero-order chi connectivity index (χ0) is 14.0. The molecule has 0 atom stereocenters. The lowest BCUT2D eigenvalue weighted by atomic mass is 10.2. The molecule has 1 aromatic heterocycles. The van der Waals surface area contributed by atoms with Gasteiger partial charge in [-0.3, -0.25) is 4.79 Å². The average molecular weight is 280 g/mol. The molecule has 0 fully saturated rings. The zero-order valence-electron chi connectivity index (χ0n) is 9.94. The van der Waals surface area contributed by atoms with Crippen molar-refractivity contribution in [3.63, 3.8) is 0 Å². The number of rotatable bonds is 3. The summed E-state index contributed by atoms with van der Waals surface area (Å²) in [6.45, 7) is 1.73. The lowest BCUT2D eigenvalue weighted by Gasteiger charge is -2.05. The molecule has 0 saturated carbocycles. The van der Waals surface area contributed by atoms with Crippen LogP contribution in [0.3, 0.4) is 0 Å². The molecule has 0 unspecified atom stereocenters. The van der Waals surface area contributed by atoms with Gasteiger partial charge < -0.3 is 14.8 Å². The van der Waals surface area contributed by atoms with E-state index >= 15 is 0 Å². The van der Waals surface area contributed by atoms with E-state index in [9.17, 15) is 9.59 Å². The second-order valence-corrected chi connectivity index (χ2v) is 4.27. The lowest BCUT2D eigenvalue weighted by Crippen LogP contribution is -2.11. The second-order valence-electron chi connectivity index (χ2n) is 3.86. The van der Waals surface area contributed by atoms with Gasteiger partial charge in [0.05, 0.1) is 10.6 Å². The Morgan fingerprint density at radius 3 is 2.53 bits per heavy atom. The van der Waals surface area contributed by atoms with Gasteiger partial charge in [-0.05, 0) is 37.3 Å². The maximum Gasteiger partial charge on any atom is 0.337 e. The summed E-state index contributed by atoms with van der Waals surface area (Å²) in [5, 5.41) is 11.5. The summed E-state index contributed by atoms with van der Waals surface area (Å²) in [7, 11) is 0. The Bertz CT molecular complexity index is 648. The predicted molar refractivity (Wildman–Crippen MR) is 69.8 cm³/mol. The second kappa shape index (κ2) is 5.16. The van der Waals surface area contributed by atoms with Crippen molar-refractivity contribution in [3.8, 4) is 0 Å². The number of furan rings is 1. The molecule has 5 nitrogen and oxygen atoms in total. The van der Waals surface area contributed by atoms with Gasteiger partial charge in [0.2, 0.25) is 0 Å². The highest BCUT2D eigenvalue weighted by molar-refractivity contribution is 6.33. The first-order valence-electron chi connectivity index (χ1n) is 5.38. The molecule has 6 heteroatoms. The standard InChI is InChI=1S/C13H10ClNO4/c1-7-2-5-11(19-7)12(16)15-8-3-4-9(13(17)18)10(14)6-8/h2-6H,1H3,(H,15,16)(H,17,18). The Labute approximate surface area is 113 Å². The first kappa shape index (κ1) is 13.2. The van der Waals surface area contributed by atoms with Crippen molar-refractivity contribution < 1.29 is 19.1 Å². The minimum Gasteiger partial charge on any atom is -0.478 e. The Kier molecular flexibility index (Phi) is 3.57. The number of benzene rings is 1. The average Bonchev–Trinajstić information content (AvgIpc) is 2.75. The summed E-state index contributed by atoms with van der Waals surface area (Å²) in [5.41, 5.74) is 0.377. The Morgan fingerprint density at radius 2 is 2.00 bits per heavy atom. The van der Waals surface area contributed by atoms with Crippen LogP contribution >= 0.6 is 11.6 Å². The summed E-state index contributed by atoms with van der Waals surface area (Å²) >= 11 is 5.80. The highest BCUT2D eigenvalue weighted by Crippen LogP contribution is 2.21. The Balaban J connectivity index is 2.18. The zero-order valence-corrected chi connectivity index (χ0v) is 10.7. The number of aromatic carboxylic acids is 1. The molecule has 0 aliphatic carbocycles. The smallest absolute Gasteiger partial charge is 0.337 e. The number of nitrogens with one attached hydrogen (secondary N) is 1. The SMILES string of the molecule is Cc1ccc(C(=O)Nc2ccc(C(=O)O)c(Cl)c2)o1. The number of carbonyl (C=O) groups excluding carboxylic acids is 1. The molecule has 19 heavy (non-hydrogen) atoms. The molecule has 0 aliphatic heterocycles. The molecular formula is C13H10ClNO4. The first-order valence-corrected chi connectivity index (χ1v) is 5.76. The molecule has 1 heterocycles. The van der Waals surface area contributed by atoms with Crippen LogP contribution in [0.5, 0.6) is 0 Å². The van der Waals surface area contributed by atoms with Gasteiger partial charge in [0, 0.05) is 5.69 Å². The van der Waals surface area contributed by atoms with Gasteiger partial charge in [0.1, 0.15) is 5.76 Å². The third-order valence-corrected chi connectivity index (χ3v) is 2.73. The largest absolute Gasteiger partial charge is 0.478 e. The normalized spacial score (nSPS) is 10.2. The molecule has 0 aliphatic rings. The maximum atomic E-state index is 11.8. The molecule has 0 bridgehead atoms. The molecule has 2 rings (SSSR count). The van der Waals surface area contributed by atoms with E-state index < -0.39 is 11.9 Å². The lowest BCUT2D eigenvalue weighted by molar-refractivity contribution is 0.0697. The maximum absolute atomic E-state index is 11.8. The van der Waals surface area contributed by atoms with Crippen LogP contribution in [-0.4, -0.2) is 17.0 Å². The summed E-state index contributed by atoms with van der Waals surface area (Å²) < 4.78 is 5.17. The summed E-state index contributed by atoms with van der Waals surface area (Å²) in [6.07, 6.45) is 0. The molecule has 0 spiro atoms. The van der Waals surface area contributed by atoms with Crippen LogP contribution in [0, 0.1) is 6.92 Å². The number of halogens is 1. The van der Waals surface area contributed by atoms with Crippen LogP contribution in [0.15, 0.2) is 34.7 Å². The van der Waals surface area contributed by atoms with Crippen molar-refractivity contribution in [2.75, 3.05) is 5.32 Å². The van der Waals surface area contributed by atoms with E-state index in [-0.39, 0.29) is 16.3 Å². The van der Waals surface area contributed by atoms with Gasteiger partial charge in [0.25, 0.3) is 5.91 Å². The Morgan fingerprint density at radius 1 is 1.26 bits per heavy atom. The van der Waals surface area contributed by atoms with Gasteiger partial charge >= 0.3 is 5.97 Å². The topological polar surface area (TPSA) is 79.5 Å². The fraction of sp³-hybridized carbons (Fsp3) is 0.0769. The van der Waals surface area contributed by atoms with Crippen molar-refractivity contribution >= 4 is 29.2 Å². The molecule has 0 radical (unpaired) electrons. The molecule has 98 valence electrons. The highest BCUT2D eigenvalue weighted by Gasteiger charge is 2.13. The van der Waals surface area contributed by atoms with E-state index in [4.69, 9.17) is 21.1 Å². The number of anilines is 1. The summed E-state index contributed by atoms with van der Waals surface area (Å²) in [4.78, 5) is 22.6. The van der Waals surface area contributed by atoms with Crippen LogP contribution in [0.4, 0.5) is 5.69 Å². The number of hydrogen-bond acceptors (Lipinski definition) is 3. The molecule has 2 N–H and O–H groups in total. The number of aryl methyl sites for hydroxylation is 1. The summed E-state index contributed by atoms with van der Waals surface area (Å²) in [5.74, 6) is -0.739. The monoisotopic (exact) mass is 279 g/mol. The Hall–Kier alpha value is -2.27. The highest BCUT2D eigenvalue weighted by atomic mass is 35.5. The van der Waals surface area contributed by atoms with Crippen LogP contribution in [0.1, 0.15) is 26.7 Å².